The van der Waals surface area contributed by atoms with Crippen LogP contribution in [0, 0.1) is 18.3 Å². The van der Waals surface area contributed by atoms with E-state index in [2.05, 4.69) is 44.5 Å². The third-order valence-electron chi connectivity index (χ3n) is 6.42. The first kappa shape index (κ1) is 21.1. The molecule has 7 heteroatoms. The van der Waals surface area contributed by atoms with Crippen LogP contribution in [0.15, 0.2) is 48.5 Å². The molecule has 0 amide bonds. The predicted octanol–water partition coefficient (Wildman–Crippen LogP) is 4.01. The number of piperazine rings is 1. The highest BCUT2D eigenvalue weighted by Gasteiger charge is 2.23. The van der Waals surface area contributed by atoms with Crippen LogP contribution in [0.2, 0.25) is 0 Å². The minimum Gasteiger partial charge on any atom is -0.493 e. The van der Waals surface area contributed by atoms with Crippen LogP contribution in [-0.4, -0.2) is 54.7 Å². The lowest BCUT2D eigenvalue weighted by Crippen LogP contribution is -2.46. The molecule has 0 saturated carbocycles. The Morgan fingerprint density at radius 3 is 2.45 bits per heavy atom. The summed E-state index contributed by atoms with van der Waals surface area (Å²) >= 11 is 0. The van der Waals surface area contributed by atoms with Crippen LogP contribution in [0.3, 0.4) is 0 Å². The zero-order valence-corrected chi connectivity index (χ0v) is 19.2. The molecule has 33 heavy (non-hydrogen) atoms. The SMILES string of the molecule is COc1ccc(CN2CCN(c3cc(C)c(C#N)c4nc5ccccc5n34)CC2)cc1OC. The van der Waals surface area contributed by atoms with E-state index in [4.69, 9.17) is 14.5 Å². The average molecular weight is 442 g/mol. The molecule has 0 spiro atoms. The molecule has 0 unspecified atom stereocenters. The van der Waals surface area contributed by atoms with Gasteiger partial charge in [-0.3, -0.25) is 9.30 Å². The number of nitriles is 1. The molecule has 1 aliphatic rings. The Kier molecular flexibility index (Phi) is 5.53. The predicted molar refractivity (Wildman–Crippen MR) is 129 cm³/mol. The average Bonchev–Trinajstić information content (AvgIpc) is 3.23. The van der Waals surface area contributed by atoms with E-state index in [0.29, 0.717) is 5.56 Å². The minimum absolute atomic E-state index is 0.641. The number of aryl methyl sites for hydroxylation is 1. The third kappa shape index (κ3) is 3.73. The molecule has 1 aliphatic heterocycles. The lowest BCUT2D eigenvalue weighted by atomic mass is 10.1. The Hall–Kier alpha value is -3.76. The topological polar surface area (TPSA) is 66.0 Å². The molecular formula is C26H27N5O2. The fraction of sp³-hybridized carbons (Fsp3) is 0.308. The number of hydrogen-bond donors (Lipinski definition) is 0. The van der Waals surface area contributed by atoms with Crippen molar-refractivity contribution in [2.45, 2.75) is 13.5 Å². The first-order chi connectivity index (χ1) is 16.1. The van der Waals surface area contributed by atoms with Crippen molar-refractivity contribution in [3.63, 3.8) is 0 Å². The number of methoxy groups -OCH3 is 2. The zero-order valence-electron chi connectivity index (χ0n) is 19.2. The van der Waals surface area contributed by atoms with Crippen molar-refractivity contribution >= 4 is 22.5 Å². The van der Waals surface area contributed by atoms with Crippen molar-refractivity contribution in [3.8, 4) is 17.6 Å². The van der Waals surface area contributed by atoms with Crippen LogP contribution < -0.4 is 14.4 Å². The van der Waals surface area contributed by atoms with Gasteiger partial charge in [0.2, 0.25) is 0 Å². The molecule has 2 aromatic carbocycles. The molecule has 0 bridgehead atoms. The number of fused-ring (bicyclic) bond motifs is 3. The van der Waals surface area contributed by atoms with Gasteiger partial charge in [0, 0.05) is 32.7 Å². The highest BCUT2D eigenvalue weighted by Crippen LogP contribution is 2.30. The number of ether oxygens (including phenoxy) is 2. The number of benzene rings is 2. The summed E-state index contributed by atoms with van der Waals surface area (Å²) in [6.45, 7) is 6.56. The van der Waals surface area contributed by atoms with Crippen LogP contribution in [-0.2, 0) is 6.54 Å². The molecule has 5 rings (SSSR count). The molecule has 168 valence electrons. The second-order valence-corrected chi connectivity index (χ2v) is 8.38. The van der Waals surface area contributed by atoms with Crippen LogP contribution in [0.1, 0.15) is 16.7 Å². The van der Waals surface area contributed by atoms with Crippen molar-refractivity contribution < 1.29 is 9.47 Å². The smallest absolute Gasteiger partial charge is 0.161 e. The van der Waals surface area contributed by atoms with Crippen molar-refractivity contribution in [1.29, 1.82) is 5.26 Å². The second-order valence-electron chi connectivity index (χ2n) is 8.38. The lowest BCUT2D eigenvalue weighted by molar-refractivity contribution is 0.248. The first-order valence-electron chi connectivity index (χ1n) is 11.1. The van der Waals surface area contributed by atoms with Gasteiger partial charge >= 0.3 is 0 Å². The molecule has 0 N–H and O–H groups in total. The van der Waals surface area contributed by atoms with Crippen molar-refractivity contribution in [3.05, 3.63) is 65.2 Å². The van der Waals surface area contributed by atoms with Gasteiger partial charge < -0.3 is 14.4 Å². The summed E-state index contributed by atoms with van der Waals surface area (Å²) in [5.74, 6) is 2.61. The Morgan fingerprint density at radius 1 is 0.970 bits per heavy atom. The van der Waals surface area contributed by atoms with E-state index in [1.807, 2.05) is 31.2 Å². The van der Waals surface area contributed by atoms with Gasteiger partial charge in [0.15, 0.2) is 17.1 Å². The quantitative estimate of drug-likeness (QED) is 0.466. The van der Waals surface area contributed by atoms with Gasteiger partial charge in [0.1, 0.15) is 11.9 Å². The van der Waals surface area contributed by atoms with E-state index < -0.39 is 0 Å². The van der Waals surface area contributed by atoms with Crippen LogP contribution in [0.4, 0.5) is 5.82 Å². The van der Waals surface area contributed by atoms with E-state index in [-0.39, 0.29) is 0 Å². The van der Waals surface area contributed by atoms with Crippen LogP contribution in [0.5, 0.6) is 11.5 Å². The minimum atomic E-state index is 0.641. The van der Waals surface area contributed by atoms with Crippen molar-refractivity contribution in [2.24, 2.45) is 0 Å². The van der Waals surface area contributed by atoms with E-state index in [9.17, 15) is 5.26 Å². The van der Waals surface area contributed by atoms with Gasteiger partial charge in [-0.05, 0) is 48.4 Å². The maximum atomic E-state index is 9.75. The maximum Gasteiger partial charge on any atom is 0.161 e. The molecule has 7 nitrogen and oxygen atoms in total. The molecule has 4 aromatic rings. The summed E-state index contributed by atoms with van der Waals surface area (Å²) in [6.07, 6.45) is 0. The summed E-state index contributed by atoms with van der Waals surface area (Å²) in [6, 6.07) is 18.7. The standard InChI is InChI=1S/C26H27N5O2/c1-18-14-25(31-22-7-5-4-6-21(22)28-26(31)20(18)16-27)30-12-10-29(11-13-30)17-19-8-9-23(32-2)24(15-19)33-3/h4-9,14-15H,10-13,17H2,1-3H3. The molecular weight excluding hydrogens is 414 g/mol. The molecule has 2 aromatic heterocycles. The highest BCUT2D eigenvalue weighted by molar-refractivity contribution is 5.85. The number of aromatic nitrogens is 2. The van der Waals surface area contributed by atoms with Crippen molar-refractivity contribution in [2.75, 3.05) is 45.3 Å². The van der Waals surface area contributed by atoms with Gasteiger partial charge in [0.05, 0.1) is 30.8 Å². The molecule has 1 saturated heterocycles. The molecule has 0 atom stereocenters. The summed E-state index contributed by atoms with van der Waals surface area (Å²) in [4.78, 5) is 9.64. The molecule has 3 heterocycles. The van der Waals surface area contributed by atoms with Gasteiger partial charge in [-0.1, -0.05) is 18.2 Å². The Morgan fingerprint density at radius 2 is 1.73 bits per heavy atom. The van der Waals surface area contributed by atoms with Gasteiger partial charge in [0.25, 0.3) is 0 Å². The lowest BCUT2D eigenvalue weighted by Gasteiger charge is -2.36. The Bertz CT molecular complexity index is 1360. The summed E-state index contributed by atoms with van der Waals surface area (Å²) in [5.41, 5.74) is 5.49. The fourth-order valence-electron chi connectivity index (χ4n) is 4.68. The summed E-state index contributed by atoms with van der Waals surface area (Å²) in [5, 5.41) is 9.75. The number of rotatable bonds is 5. The number of anilines is 1. The molecule has 0 aliphatic carbocycles. The number of imidazole rings is 1. The van der Waals surface area contributed by atoms with Crippen LogP contribution >= 0.6 is 0 Å². The van der Waals surface area contributed by atoms with E-state index >= 15 is 0 Å². The summed E-state index contributed by atoms with van der Waals surface area (Å²) < 4.78 is 13.0. The number of pyridine rings is 1. The second kappa shape index (κ2) is 8.64. The third-order valence-corrected chi connectivity index (χ3v) is 6.42. The number of nitrogens with zero attached hydrogens (tertiary/aromatic N) is 5. The summed E-state index contributed by atoms with van der Waals surface area (Å²) in [7, 11) is 3.32. The van der Waals surface area contributed by atoms with E-state index in [1.54, 1.807) is 14.2 Å². The Labute approximate surface area is 193 Å². The van der Waals surface area contributed by atoms with E-state index in [1.165, 1.54) is 5.56 Å². The van der Waals surface area contributed by atoms with Gasteiger partial charge in [-0.2, -0.15) is 5.26 Å². The zero-order chi connectivity index (χ0) is 22.9. The largest absolute Gasteiger partial charge is 0.493 e. The molecule has 0 radical (unpaired) electrons. The number of hydrogen-bond acceptors (Lipinski definition) is 6. The fourth-order valence-corrected chi connectivity index (χ4v) is 4.68. The number of para-hydroxylation sites is 2. The first-order valence-corrected chi connectivity index (χ1v) is 11.1. The highest BCUT2D eigenvalue weighted by atomic mass is 16.5. The Balaban J connectivity index is 1.40. The molecule has 1 fully saturated rings. The van der Waals surface area contributed by atoms with Crippen molar-refractivity contribution in [1.82, 2.24) is 14.3 Å². The maximum absolute atomic E-state index is 9.75. The van der Waals surface area contributed by atoms with Gasteiger partial charge in [-0.25, -0.2) is 4.98 Å². The van der Waals surface area contributed by atoms with Crippen LogP contribution in [0.25, 0.3) is 16.7 Å². The van der Waals surface area contributed by atoms with Gasteiger partial charge in [-0.15, -0.1) is 0 Å². The monoisotopic (exact) mass is 441 g/mol. The normalized spacial score (nSPS) is 14.5. The van der Waals surface area contributed by atoms with E-state index in [0.717, 1.165) is 72.3 Å².